The van der Waals surface area contributed by atoms with Crippen molar-refractivity contribution >= 4 is 17.4 Å². The lowest BCUT2D eigenvalue weighted by molar-refractivity contribution is 0.419. The Morgan fingerprint density at radius 1 is 1.17 bits per heavy atom. The van der Waals surface area contributed by atoms with Crippen molar-refractivity contribution in [2.75, 3.05) is 5.32 Å². The second kappa shape index (κ2) is 6.42. The maximum Gasteiger partial charge on any atom is 0.257 e. The standard InChI is InChI=1S/C15H11ClN6O/c1-9(18-13-7-6-12(8-17)20-21-13)14-19-15(23-22-14)10-2-4-11(16)5-3-10/h2-7,9H,1H3,(H,18,21). The molecule has 7 nitrogen and oxygen atoms in total. The summed E-state index contributed by atoms with van der Waals surface area (Å²) in [6, 6.07) is 12.1. The third-order valence-corrected chi connectivity index (χ3v) is 3.32. The minimum absolute atomic E-state index is 0.234. The van der Waals surface area contributed by atoms with Gasteiger partial charge in [-0.25, -0.2) is 0 Å². The normalized spacial score (nSPS) is 11.7. The van der Waals surface area contributed by atoms with E-state index >= 15 is 0 Å². The molecule has 1 aromatic carbocycles. The van der Waals surface area contributed by atoms with Crippen LogP contribution in [0.4, 0.5) is 5.82 Å². The first-order valence-electron chi connectivity index (χ1n) is 6.75. The number of rotatable bonds is 4. The Balaban J connectivity index is 1.74. The zero-order valence-corrected chi connectivity index (χ0v) is 12.8. The summed E-state index contributed by atoms with van der Waals surface area (Å²) in [5.41, 5.74) is 1.05. The van der Waals surface area contributed by atoms with Gasteiger partial charge in [0.1, 0.15) is 11.9 Å². The van der Waals surface area contributed by atoms with Gasteiger partial charge in [-0.1, -0.05) is 16.8 Å². The molecule has 0 spiro atoms. The van der Waals surface area contributed by atoms with Gasteiger partial charge in [0, 0.05) is 10.6 Å². The van der Waals surface area contributed by atoms with Gasteiger partial charge in [0.15, 0.2) is 11.5 Å². The lowest BCUT2D eigenvalue weighted by Gasteiger charge is -2.09. The number of benzene rings is 1. The highest BCUT2D eigenvalue weighted by Gasteiger charge is 2.15. The van der Waals surface area contributed by atoms with Gasteiger partial charge in [-0.15, -0.1) is 10.2 Å². The van der Waals surface area contributed by atoms with Crippen LogP contribution in [0.2, 0.25) is 5.02 Å². The van der Waals surface area contributed by atoms with Crippen LogP contribution in [0.3, 0.4) is 0 Å². The van der Waals surface area contributed by atoms with E-state index in [0.29, 0.717) is 22.6 Å². The third-order valence-electron chi connectivity index (χ3n) is 3.06. The zero-order chi connectivity index (χ0) is 16.2. The first-order valence-corrected chi connectivity index (χ1v) is 7.13. The van der Waals surface area contributed by atoms with Crippen LogP contribution in [0.1, 0.15) is 24.5 Å². The Bertz CT molecular complexity index is 838. The largest absolute Gasteiger partial charge is 0.359 e. The van der Waals surface area contributed by atoms with Gasteiger partial charge in [-0.05, 0) is 43.3 Å². The van der Waals surface area contributed by atoms with Crippen LogP contribution in [0.15, 0.2) is 40.9 Å². The SMILES string of the molecule is CC(Nc1ccc(C#N)nn1)c1noc(-c2ccc(Cl)cc2)n1. The van der Waals surface area contributed by atoms with Gasteiger partial charge in [0.2, 0.25) is 0 Å². The van der Waals surface area contributed by atoms with E-state index in [-0.39, 0.29) is 11.7 Å². The van der Waals surface area contributed by atoms with E-state index < -0.39 is 0 Å². The van der Waals surface area contributed by atoms with Crippen molar-refractivity contribution in [1.82, 2.24) is 20.3 Å². The first kappa shape index (κ1) is 14.9. The summed E-state index contributed by atoms with van der Waals surface area (Å²) in [6.07, 6.45) is 0. The molecule has 3 aromatic rings. The molecular weight excluding hydrogens is 316 g/mol. The molecule has 0 fully saturated rings. The lowest BCUT2D eigenvalue weighted by Crippen LogP contribution is -2.10. The molecule has 1 unspecified atom stereocenters. The molecule has 0 aliphatic carbocycles. The van der Waals surface area contributed by atoms with Crippen LogP contribution in [-0.4, -0.2) is 20.3 Å². The first-order chi connectivity index (χ1) is 11.2. The molecular formula is C15H11ClN6O. The molecule has 0 aliphatic heterocycles. The summed E-state index contributed by atoms with van der Waals surface area (Å²) in [5, 5.41) is 24.1. The molecule has 2 aromatic heterocycles. The lowest BCUT2D eigenvalue weighted by atomic mass is 10.2. The monoisotopic (exact) mass is 326 g/mol. The van der Waals surface area contributed by atoms with Crippen LogP contribution in [-0.2, 0) is 0 Å². The summed E-state index contributed by atoms with van der Waals surface area (Å²) >= 11 is 5.86. The van der Waals surface area contributed by atoms with Crippen molar-refractivity contribution < 1.29 is 4.52 Å². The van der Waals surface area contributed by atoms with Gasteiger partial charge < -0.3 is 9.84 Å². The Labute approximate surface area is 136 Å². The number of anilines is 1. The second-order valence-electron chi connectivity index (χ2n) is 4.75. The molecule has 8 heteroatoms. The number of halogens is 1. The van der Waals surface area contributed by atoms with E-state index in [1.807, 2.05) is 25.1 Å². The van der Waals surface area contributed by atoms with Gasteiger partial charge in [-0.3, -0.25) is 0 Å². The van der Waals surface area contributed by atoms with E-state index in [9.17, 15) is 0 Å². The number of aromatic nitrogens is 4. The summed E-state index contributed by atoms with van der Waals surface area (Å²) in [7, 11) is 0. The number of nitrogens with one attached hydrogen (secondary N) is 1. The van der Waals surface area contributed by atoms with Crippen molar-refractivity contribution in [3.05, 3.63) is 52.9 Å². The summed E-state index contributed by atoms with van der Waals surface area (Å²) in [4.78, 5) is 4.36. The van der Waals surface area contributed by atoms with Crippen LogP contribution in [0.5, 0.6) is 0 Å². The summed E-state index contributed by atoms with van der Waals surface area (Å²) in [6.45, 7) is 1.87. The molecule has 0 bridgehead atoms. The second-order valence-corrected chi connectivity index (χ2v) is 5.18. The highest BCUT2D eigenvalue weighted by atomic mass is 35.5. The van der Waals surface area contributed by atoms with Crippen molar-refractivity contribution in [3.8, 4) is 17.5 Å². The Kier molecular flexibility index (Phi) is 4.17. The van der Waals surface area contributed by atoms with Gasteiger partial charge in [0.05, 0.1) is 6.04 Å². The highest BCUT2D eigenvalue weighted by Crippen LogP contribution is 2.22. The van der Waals surface area contributed by atoms with Crippen LogP contribution in [0, 0.1) is 11.3 Å². The highest BCUT2D eigenvalue weighted by molar-refractivity contribution is 6.30. The fraction of sp³-hybridized carbons (Fsp3) is 0.133. The minimum atomic E-state index is -0.234. The minimum Gasteiger partial charge on any atom is -0.359 e. The average Bonchev–Trinajstić information content (AvgIpc) is 3.06. The van der Waals surface area contributed by atoms with Crippen molar-refractivity contribution in [1.29, 1.82) is 5.26 Å². The van der Waals surface area contributed by atoms with E-state index in [1.165, 1.54) is 0 Å². The number of nitrogens with zero attached hydrogens (tertiary/aromatic N) is 5. The van der Waals surface area contributed by atoms with Gasteiger partial charge >= 0.3 is 0 Å². The zero-order valence-electron chi connectivity index (χ0n) is 12.1. The van der Waals surface area contributed by atoms with Crippen LogP contribution < -0.4 is 5.32 Å². The maximum atomic E-state index is 8.70. The van der Waals surface area contributed by atoms with Gasteiger partial charge in [-0.2, -0.15) is 10.2 Å². The molecule has 3 rings (SSSR count). The van der Waals surface area contributed by atoms with Crippen molar-refractivity contribution in [2.45, 2.75) is 13.0 Å². The Hall–Kier alpha value is -2.98. The predicted molar refractivity (Wildman–Crippen MR) is 83.5 cm³/mol. The molecule has 0 aliphatic rings. The van der Waals surface area contributed by atoms with E-state index in [2.05, 4.69) is 25.7 Å². The quantitative estimate of drug-likeness (QED) is 0.785. The fourth-order valence-electron chi connectivity index (χ4n) is 1.88. The van der Waals surface area contributed by atoms with E-state index in [1.54, 1.807) is 24.3 Å². The molecule has 2 heterocycles. The molecule has 1 N–H and O–H groups in total. The maximum absolute atomic E-state index is 8.70. The number of hydrogen-bond acceptors (Lipinski definition) is 7. The summed E-state index contributed by atoms with van der Waals surface area (Å²) < 4.78 is 5.26. The molecule has 0 radical (unpaired) electrons. The number of hydrogen-bond donors (Lipinski definition) is 1. The van der Waals surface area contributed by atoms with Crippen LogP contribution >= 0.6 is 11.6 Å². The Morgan fingerprint density at radius 2 is 1.96 bits per heavy atom. The molecule has 114 valence electrons. The third kappa shape index (κ3) is 3.44. The predicted octanol–water partition coefficient (Wildman–Crippen LogP) is 3.22. The van der Waals surface area contributed by atoms with Gasteiger partial charge in [0.25, 0.3) is 5.89 Å². The van der Waals surface area contributed by atoms with Crippen molar-refractivity contribution in [3.63, 3.8) is 0 Å². The van der Waals surface area contributed by atoms with E-state index in [4.69, 9.17) is 21.4 Å². The molecule has 0 saturated heterocycles. The average molecular weight is 327 g/mol. The topological polar surface area (TPSA) is 101 Å². The van der Waals surface area contributed by atoms with Crippen LogP contribution in [0.25, 0.3) is 11.5 Å². The molecule has 23 heavy (non-hydrogen) atoms. The molecule has 0 amide bonds. The molecule has 0 saturated carbocycles. The van der Waals surface area contributed by atoms with Crippen molar-refractivity contribution in [2.24, 2.45) is 0 Å². The Morgan fingerprint density at radius 3 is 2.61 bits per heavy atom. The molecule has 1 atom stereocenters. The smallest absolute Gasteiger partial charge is 0.257 e. The van der Waals surface area contributed by atoms with E-state index in [0.717, 1.165) is 5.56 Å². The fourth-order valence-corrected chi connectivity index (χ4v) is 2.00. The number of nitriles is 1. The summed E-state index contributed by atoms with van der Waals surface area (Å²) in [5.74, 6) is 1.42.